The highest BCUT2D eigenvalue weighted by Gasteiger charge is 2.60. The zero-order chi connectivity index (χ0) is 20.4. The lowest BCUT2D eigenvalue weighted by Crippen LogP contribution is -2.54. The minimum Gasteiger partial charge on any atom is -0.393 e. The van der Waals surface area contributed by atoms with Crippen LogP contribution in [0.15, 0.2) is 0 Å². The lowest BCUT2D eigenvalue weighted by atomic mass is 9.44. The van der Waals surface area contributed by atoms with Gasteiger partial charge in [-0.05, 0) is 116 Å². The first-order valence-electron chi connectivity index (χ1n) is 13.0. The first kappa shape index (κ1) is 20.5. The molecule has 29 heavy (non-hydrogen) atoms. The maximum Gasteiger partial charge on any atom is 0.133 e. The number of rotatable bonds is 4. The summed E-state index contributed by atoms with van der Waals surface area (Å²) in [5, 5.41) is 10.3. The van der Waals surface area contributed by atoms with Crippen molar-refractivity contribution >= 4 is 5.78 Å². The highest BCUT2D eigenvalue weighted by molar-refractivity contribution is 5.84. The Morgan fingerprint density at radius 2 is 1.69 bits per heavy atom. The Morgan fingerprint density at radius 3 is 2.45 bits per heavy atom. The number of hydrogen-bond acceptors (Lipinski definition) is 2. The van der Waals surface area contributed by atoms with Crippen LogP contribution in [0.2, 0.25) is 0 Å². The van der Waals surface area contributed by atoms with Crippen molar-refractivity contribution in [2.24, 2.45) is 52.3 Å². The molecule has 0 saturated heterocycles. The van der Waals surface area contributed by atoms with Crippen molar-refractivity contribution in [2.45, 2.75) is 110 Å². The Morgan fingerprint density at radius 1 is 0.966 bits per heavy atom. The van der Waals surface area contributed by atoms with Crippen LogP contribution in [0.1, 0.15) is 104 Å². The molecule has 0 amide bonds. The summed E-state index contributed by atoms with van der Waals surface area (Å²) >= 11 is 0. The SMILES string of the molecule is C[C@H](CCC1CC(=O)C1)[C@H]1CC[C@H]2[C@@H]3CC[C@H]4C[C@@H](O)CC[C@]4(C)[C@H]3CC[C@]12C. The molecule has 5 aliphatic rings. The number of ketones is 1. The van der Waals surface area contributed by atoms with Crippen LogP contribution in [0.25, 0.3) is 0 Å². The predicted octanol–water partition coefficient (Wildman–Crippen LogP) is 6.40. The summed E-state index contributed by atoms with van der Waals surface area (Å²) < 4.78 is 0. The van der Waals surface area contributed by atoms with Crippen LogP contribution in [-0.4, -0.2) is 17.0 Å². The molecule has 0 aliphatic heterocycles. The summed E-state index contributed by atoms with van der Waals surface area (Å²) in [4.78, 5) is 11.3. The fraction of sp³-hybridized carbons (Fsp3) is 0.963. The van der Waals surface area contributed by atoms with Crippen LogP contribution in [0.3, 0.4) is 0 Å². The molecule has 9 atom stereocenters. The lowest BCUT2D eigenvalue weighted by Gasteiger charge is -2.61. The molecule has 0 radical (unpaired) electrons. The minimum atomic E-state index is -0.0267. The number of aliphatic hydroxyl groups excluding tert-OH is 1. The molecule has 5 aliphatic carbocycles. The monoisotopic (exact) mass is 400 g/mol. The van der Waals surface area contributed by atoms with E-state index in [1.165, 1.54) is 57.8 Å². The van der Waals surface area contributed by atoms with Gasteiger partial charge < -0.3 is 5.11 Å². The molecule has 2 heteroatoms. The molecular weight excluding hydrogens is 356 g/mol. The van der Waals surface area contributed by atoms with E-state index < -0.39 is 0 Å². The van der Waals surface area contributed by atoms with Gasteiger partial charge in [0.15, 0.2) is 0 Å². The number of Topliss-reactive ketones (excluding diaryl/α,β-unsaturated/α-hetero) is 1. The van der Waals surface area contributed by atoms with Crippen LogP contribution in [0.5, 0.6) is 0 Å². The van der Waals surface area contributed by atoms with Gasteiger partial charge >= 0.3 is 0 Å². The van der Waals surface area contributed by atoms with Gasteiger partial charge in [0, 0.05) is 12.8 Å². The van der Waals surface area contributed by atoms with Crippen molar-refractivity contribution in [1.29, 1.82) is 0 Å². The van der Waals surface area contributed by atoms with Crippen molar-refractivity contribution in [3.63, 3.8) is 0 Å². The van der Waals surface area contributed by atoms with E-state index >= 15 is 0 Å². The molecule has 0 aromatic rings. The van der Waals surface area contributed by atoms with Crippen LogP contribution in [0.4, 0.5) is 0 Å². The average molecular weight is 401 g/mol. The topological polar surface area (TPSA) is 37.3 Å². The van der Waals surface area contributed by atoms with Crippen molar-refractivity contribution in [2.75, 3.05) is 0 Å². The third-order valence-electron chi connectivity index (χ3n) is 11.5. The van der Waals surface area contributed by atoms with E-state index in [2.05, 4.69) is 20.8 Å². The number of aliphatic hydroxyl groups is 1. The molecule has 5 rings (SSSR count). The maximum absolute atomic E-state index is 11.3. The van der Waals surface area contributed by atoms with E-state index in [0.717, 1.165) is 61.2 Å². The molecule has 0 spiro atoms. The summed E-state index contributed by atoms with van der Waals surface area (Å²) in [7, 11) is 0. The van der Waals surface area contributed by atoms with Crippen LogP contribution in [-0.2, 0) is 4.79 Å². The standard InChI is InChI=1S/C27H44O2/c1-17(4-5-18-14-21(29)15-18)23-8-9-24-22-7-6-19-16-20(28)10-12-26(19,2)25(22)11-13-27(23,24)3/h17-20,22-25,28H,4-16H2,1-3H3/t17-,19+,20+,22+,23-,24+,25+,26+,27-/m1/s1. The quantitative estimate of drug-likeness (QED) is 0.592. The molecule has 5 fully saturated rings. The Bertz CT molecular complexity index is 634. The third-order valence-corrected chi connectivity index (χ3v) is 11.5. The Kier molecular flexibility index (Phi) is 5.20. The van der Waals surface area contributed by atoms with E-state index in [0.29, 0.717) is 22.5 Å². The van der Waals surface area contributed by atoms with Crippen molar-refractivity contribution in [3.05, 3.63) is 0 Å². The largest absolute Gasteiger partial charge is 0.393 e. The van der Waals surface area contributed by atoms with Gasteiger partial charge in [0.1, 0.15) is 5.78 Å². The summed E-state index contributed by atoms with van der Waals surface area (Å²) in [6, 6.07) is 0. The summed E-state index contributed by atoms with van der Waals surface area (Å²) in [6.07, 6.45) is 16.4. The Labute approximate surface area is 178 Å². The van der Waals surface area contributed by atoms with E-state index in [4.69, 9.17) is 0 Å². The number of carbonyl (C=O) groups is 1. The summed E-state index contributed by atoms with van der Waals surface area (Å²) in [6.45, 7) is 7.82. The molecule has 164 valence electrons. The average Bonchev–Trinajstić information content (AvgIpc) is 3.02. The number of carbonyl (C=O) groups excluding carboxylic acids is 1. The van der Waals surface area contributed by atoms with Gasteiger partial charge in [-0.15, -0.1) is 0 Å². The molecule has 5 saturated carbocycles. The maximum atomic E-state index is 11.3. The summed E-state index contributed by atoms with van der Waals surface area (Å²) in [5.41, 5.74) is 1.07. The summed E-state index contributed by atoms with van der Waals surface area (Å²) in [5.74, 6) is 6.53. The Balaban J connectivity index is 1.27. The molecule has 0 aromatic heterocycles. The van der Waals surface area contributed by atoms with Gasteiger partial charge in [0.2, 0.25) is 0 Å². The molecule has 0 bridgehead atoms. The van der Waals surface area contributed by atoms with Crippen molar-refractivity contribution < 1.29 is 9.90 Å². The van der Waals surface area contributed by atoms with Crippen LogP contribution < -0.4 is 0 Å². The molecule has 2 nitrogen and oxygen atoms in total. The Hall–Kier alpha value is -0.370. The highest BCUT2D eigenvalue weighted by Crippen LogP contribution is 2.68. The first-order valence-corrected chi connectivity index (χ1v) is 13.0. The zero-order valence-corrected chi connectivity index (χ0v) is 19.2. The second-order valence-electron chi connectivity index (χ2n) is 12.7. The number of fused-ring (bicyclic) bond motifs is 5. The van der Waals surface area contributed by atoms with Gasteiger partial charge in [-0.1, -0.05) is 27.2 Å². The van der Waals surface area contributed by atoms with E-state index in [-0.39, 0.29) is 6.10 Å². The minimum absolute atomic E-state index is 0.0267. The van der Waals surface area contributed by atoms with Gasteiger partial charge in [-0.25, -0.2) is 0 Å². The second kappa shape index (κ2) is 7.35. The number of hydrogen-bond donors (Lipinski definition) is 1. The van der Waals surface area contributed by atoms with Crippen molar-refractivity contribution in [3.8, 4) is 0 Å². The van der Waals surface area contributed by atoms with Crippen molar-refractivity contribution in [1.82, 2.24) is 0 Å². The van der Waals surface area contributed by atoms with Gasteiger partial charge in [0.05, 0.1) is 6.10 Å². The normalized spacial score (nSPS) is 51.0. The van der Waals surface area contributed by atoms with Gasteiger partial charge in [0.25, 0.3) is 0 Å². The molecule has 1 N–H and O–H groups in total. The second-order valence-corrected chi connectivity index (χ2v) is 12.7. The van der Waals surface area contributed by atoms with Crippen LogP contribution >= 0.6 is 0 Å². The van der Waals surface area contributed by atoms with E-state index in [1.54, 1.807) is 0 Å². The lowest BCUT2D eigenvalue weighted by molar-refractivity contribution is -0.130. The zero-order valence-electron chi connectivity index (χ0n) is 19.2. The smallest absolute Gasteiger partial charge is 0.133 e. The molecular formula is C27H44O2. The van der Waals surface area contributed by atoms with E-state index in [1.807, 2.05) is 0 Å². The highest BCUT2D eigenvalue weighted by atomic mass is 16.3. The van der Waals surface area contributed by atoms with Crippen LogP contribution in [0, 0.1) is 52.3 Å². The fourth-order valence-electron chi connectivity index (χ4n) is 9.70. The van der Waals surface area contributed by atoms with Gasteiger partial charge in [-0.2, -0.15) is 0 Å². The third kappa shape index (κ3) is 3.26. The first-order chi connectivity index (χ1) is 13.8. The molecule has 0 unspecified atom stereocenters. The fourth-order valence-corrected chi connectivity index (χ4v) is 9.70. The van der Waals surface area contributed by atoms with E-state index in [9.17, 15) is 9.90 Å². The van der Waals surface area contributed by atoms with Gasteiger partial charge in [-0.3, -0.25) is 4.79 Å². The predicted molar refractivity (Wildman–Crippen MR) is 117 cm³/mol. The molecule has 0 heterocycles. The molecule has 0 aromatic carbocycles.